The zero-order valence-electron chi connectivity index (χ0n) is 10.5. The Balaban J connectivity index is 1.88. The minimum atomic E-state index is 0.509. The Kier molecular flexibility index (Phi) is 3.16. The molecule has 3 heterocycles. The van der Waals surface area contributed by atoms with Crippen LogP contribution in [-0.2, 0) is 0 Å². The molecule has 0 saturated carbocycles. The number of aromatic nitrogens is 1. The van der Waals surface area contributed by atoms with Gasteiger partial charge in [0, 0.05) is 24.8 Å². The standard InChI is InChI=1S/C14H18N4/c15-10-11-4-1-8-17-14(11)18-9-3-6-13(18)12-5-2-7-16-12/h1,4,8,12-13,16H,2-3,5-7,9H2. The lowest BCUT2D eigenvalue weighted by Crippen LogP contribution is -2.44. The lowest BCUT2D eigenvalue weighted by atomic mass is 10.0. The van der Waals surface area contributed by atoms with E-state index in [1.54, 1.807) is 6.20 Å². The largest absolute Gasteiger partial charge is 0.351 e. The maximum Gasteiger partial charge on any atom is 0.146 e. The molecule has 18 heavy (non-hydrogen) atoms. The van der Waals surface area contributed by atoms with Crippen molar-refractivity contribution in [2.75, 3.05) is 18.0 Å². The summed E-state index contributed by atoms with van der Waals surface area (Å²) in [6, 6.07) is 7.03. The van der Waals surface area contributed by atoms with Crippen molar-refractivity contribution in [1.82, 2.24) is 10.3 Å². The lowest BCUT2D eigenvalue weighted by Gasteiger charge is -2.30. The average molecular weight is 242 g/mol. The molecule has 2 atom stereocenters. The van der Waals surface area contributed by atoms with Crippen LogP contribution in [0.2, 0.25) is 0 Å². The van der Waals surface area contributed by atoms with Crippen LogP contribution in [0.4, 0.5) is 5.82 Å². The van der Waals surface area contributed by atoms with Crippen molar-refractivity contribution in [2.24, 2.45) is 0 Å². The summed E-state index contributed by atoms with van der Waals surface area (Å²) in [6.07, 6.45) is 6.70. The van der Waals surface area contributed by atoms with Crippen LogP contribution in [-0.4, -0.2) is 30.2 Å². The van der Waals surface area contributed by atoms with E-state index in [4.69, 9.17) is 0 Å². The number of anilines is 1. The van der Waals surface area contributed by atoms with Gasteiger partial charge in [-0.05, 0) is 44.4 Å². The highest BCUT2D eigenvalue weighted by atomic mass is 15.3. The van der Waals surface area contributed by atoms with Gasteiger partial charge in [-0.25, -0.2) is 4.98 Å². The summed E-state index contributed by atoms with van der Waals surface area (Å²) in [4.78, 5) is 6.76. The molecule has 1 N–H and O–H groups in total. The van der Waals surface area contributed by atoms with Crippen LogP contribution in [0.25, 0.3) is 0 Å². The number of hydrogen-bond donors (Lipinski definition) is 1. The molecule has 2 saturated heterocycles. The minimum Gasteiger partial charge on any atom is -0.351 e. The minimum absolute atomic E-state index is 0.509. The van der Waals surface area contributed by atoms with Crippen LogP contribution >= 0.6 is 0 Å². The van der Waals surface area contributed by atoms with Gasteiger partial charge >= 0.3 is 0 Å². The Morgan fingerprint density at radius 2 is 2.33 bits per heavy atom. The first-order chi connectivity index (χ1) is 8.90. The number of rotatable bonds is 2. The topological polar surface area (TPSA) is 52.0 Å². The molecule has 4 heteroatoms. The van der Waals surface area contributed by atoms with E-state index in [1.807, 2.05) is 12.1 Å². The Bertz CT molecular complexity index is 459. The van der Waals surface area contributed by atoms with Crippen LogP contribution in [0.3, 0.4) is 0 Å². The Labute approximate surface area is 108 Å². The van der Waals surface area contributed by atoms with Gasteiger partial charge < -0.3 is 10.2 Å². The molecule has 0 radical (unpaired) electrons. The highest BCUT2D eigenvalue weighted by molar-refractivity contribution is 5.55. The first-order valence-electron chi connectivity index (χ1n) is 6.75. The molecule has 0 aromatic carbocycles. The van der Waals surface area contributed by atoms with Crippen molar-refractivity contribution in [2.45, 2.75) is 37.8 Å². The second-order valence-corrected chi connectivity index (χ2v) is 5.09. The van der Waals surface area contributed by atoms with Gasteiger partial charge in [-0.2, -0.15) is 5.26 Å². The van der Waals surface area contributed by atoms with Gasteiger partial charge in [-0.15, -0.1) is 0 Å². The molecule has 2 aliphatic heterocycles. The van der Waals surface area contributed by atoms with Crippen molar-refractivity contribution >= 4 is 5.82 Å². The van der Waals surface area contributed by atoms with Crippen molar-refractivity contribution in [3.05, 3.63) is 23.9 Å². The first kappa shape index (κ1) is 11.5. The van der Waals surface area contributed by atoms with Gasteiger partial charge in [-0.3, -0.25) is 0 Å². The maximum atomic E-state index is 9.20. The highest BCUT2D eigenvalue weighted by Crippen LogP contribution is 2.30. The molecule has 3 rings (SSSR count). The third-order valence-electron chi connectivity index (χ3n) is 4.04. The van der Waals surface area contributed by atoms with E-state index in [-0.39, 0.29) is 0 Å². The fourth-order valence-electron chi connectivity index (χ4n) is 3.23. The number of nitriles is 1. The second kappa shape index (κ2) is 4.95. The van der Waals surface area contributed by atoms with Gasteiger partial charge in [0.15, 0.2) is 0 Å². The van der Waals surface area contributed by atoms with Crippen molar-refractivity contribution < 1.29 is 0 Å². The van der Waals surface area contributed by atoms with E-state index in [0.717, 1.165) is 18.9 Å². The van der Waals surface area contributed by atoms with E-state index in [2.05, 4.69) is 21.3 Å². The monoisotopic (exact) mass is 242 g/mol. The van der Waals surface area contributed by atoms with E-state index in [9.17, 15) is 5.26 Å². The van der Waals surface area contributed by atoms with E-state index < -0.39 is 0 Å². The summed E-state index contributed by atoms with van der Waals surface area (Å²) in [5.41, 5.74) is 0.697. The summed E-state index contributed by atoms with van der Waals surface area (Å²) >= 11 is 0. The summed E-state index contributed by atoms with van der Waals surface area (Å²) in [5, 5.41) is 12.8. The average Bonchev–Trinajstić information content (AvgIpc) is 3.09. The molecular weight excluding hydrogens is 224 g/mol. The molecule has 1 aromatic heterocycles. The van der Waals surface area contributed by atoms with E-state index in [0.29, 0.717) is 17.6 Å². The first-order valence-corrected chi connectivity index (χ1v) is 6.75. The Hall–Kier alpha value is -1.60. The Morgan fingerprint density at radius 3 is 3.11 bits per heavy atom. The quantitative estimate of drug-likeness (QED) is 0.857. The molecule has 0 bridgehead atoms. The van der Waals surface area contributed by atoms with Crippen LogP contribution < -0.4 is 10.2 Å². The predicted molar refractivity (Wildman–Crippen MR) is 70.3 cm³/mol. The fraction of sp³-hybridized carbons (Fsp3) is 0.571. The van der Waals surface area contributed by atoms with Crippen molar-refractivity contribution in [3.63, 3.8) is 0 Å². The van der Waals surface area contributed by atoms with Crippen LogP contribution in [0.15, 0.2) is 18.3 Å². The van der Waals surface area contributed by atoms with E-state index >= 15 is 0 Å². The molecule has 2 unspecified atom stereocenters. The van der Waals surface area contributed by atoms with Crippen LogP contribution in [0.1, 0.15) is 31.2 Å². The van der Waals surface area contributed by atoms with Crippen LogP contribution in [0, 0.1) is 11.3 Å². The van der Waals surface area contributed by atoms with Gasteiger partial charge in [0.1, 0.15) is 11.9 Å². The number of hydrogen-bond acceptors (Lipinski definition) is 4. The Morgan fingerprint density at radius 1 is 1.39 bits per heavy atom. The fourth-order valence-corrected chi connectivity index (χ4v) is 3.23. The molecule has 2 aliphatic rings. The third kappa shape index (κ3) is 1.95. The number of nitrogens with one attached hydrogen (secondary N) is 1. The molecule has 0 aliphatic carbocycles. The highest BCUT2D eigenvalue weighted by Gasteiger charge is 2.34. The molecule has 4 nitrogen and oxygen atoms in total. The van der Waals surface area contributed by atoms with Gasteiger partial charge in [-0.1, -0.05) is 0 Å². The number of pyridine rings is 1. The molecule has 2 fully saturated rings. The third-order valence-corrected chi connectivity index (χ3v) is 4.04. The van der Waals surface area contributed by atoms with Crippen molar-refractivity contribution in [3.8, 4) is 6.07 Å². The van der Waals surface area contributed by atoms with Gasteiger partial charge in [0.05, 0.1) is 5.56 Å². The molecule has 1 aromatic rings. The molecule has 0 amide bonds. The zero-order chi connectivity index (χ0) is 12.4. The lowest BCUT2D eigenvalue weighted by molar-refractivity contribution is 0.481. The zero-order valence-corrected chi connectivity index (χ0v) is 10.5. The summed E-state index contributed by atoms with van der Waals surface area (Å²) < 4.78 is 0. The summed E-state index contributed by atoms with van der Waals surface area (Å²) in [6.45, 7) is 2.15. The number of nitrogens with zero attached hydrogens (tertiary/aromatic N) is 3. The van der Waals surface area contributed by atoms with Gasteiger partial charge in [0.2, 0.25) is 0 Å². The summed E-state index contributed by atoms with van der Waals surface area (Å²) in [5.74, 6) is 0.871. The molecular formula is C14H18N4. The van der Waals surface area contributed by atoms with Crippen LogP contribution in [0.5, 0.6) is 0 Å². The molecule has 94 valence electrons. The van der Waals surface area contributed by atoms with Crippen molar-refractivity contribution in [1.29, 1.82) is 5.26 Å². The van der Waals surface area contributed by atoms with Gasteiger partial charge in [0.25, 0.3) is 0 Å². The smallest absolute Gasteiger partial charge is 0.146 e. The van der Waals surface area contributed by atoms with E-state index in [1.165, 1.54) is 25.7 Å². The SMILES string of the molecule is N#Cc1cccnc1N1CCCC1C1CCCN1. The second-order valence-electron chi connectivity index (χ2n) is 5.09. The predicted octanol–water partition coefficient (Wildman–Crippen LogP) is 1.67. The molecule has 0 spiro atoms. The normalized spacial score (nSPS) is 27.4. The maximum absolute atomic E-state index is 9.20. The summed E-state index contributed by atoms with van der Waals surface area (Å²) in [7, 11) is 0.